The molecular weight excluding hydrogens is 259 g/mol. The summed E-state index contributed by atoms with van der Waals surface area (Å²) < 4.78 is 39.9. The van der Waals surface area contributed by atoms with E-state index in [2.05, 4.69) is 4.72 Å². The third kappa shape index (κ3) is 2.68. The van der Waals surface area contributed by atoms with Crippen molar-refractivity contribution in [1.29, 1.82) is 0 Å². The van der Waals surface area contributed by atoms with Crippen molar-refractivity contribution < 1.29 is 17.6 Å². The molecule has 1 saturated carbocycles. The first kappa shape index (κ1) is 13.0. The summed E-state index contributed by atoms with van der Waals surface area (Å²) >= 11 is 0. The van der Waals surface area contributed by atoms with Crippen LogP contribution in [0.4, 0.5) is 4.39 Å². The number of primary amides is 1. The highest BCUT2D eigenvalue weighted by Gasteiger charge is 2.27. The molecule has 3 N–H and O–H groups in total. The van der Waals surface area contributed by atoms with Crippen molar-refractivity contribution in [2.45, 2.75) is 17.7 Å². The Morgan fingerprint density at radius 3 is 2.67 bits per heavy atom. The highest BCUT2D eigenvalue weighted by molar-refractivity contribution is 7.89. The van der Waals surface area contributed by atoms with E-state index >= 15 is 0 Å². The van der Waals surface area contributed by atoms with Gasteiger partial charge in [0, 0.05) is 6.54 Å². The fourth-order valence-corrected chi connectivity index (χ4v) is 2.75. The molecular formula is C11H13FN2O3S. The van der Waals surface area contributed by atoms with Gasteiger partial charge in [0.25, 0.3) is 5.91 Å². The number of carbonyl (C=O) groups is 1. The number of nitrogens with two attached hydrogens (primary N) is 1. The summed E-state index contributed by atoms with van der Waals surface area (Å²) in [6.07, 6.45) is 1.96. The third-order valence-electron chi connectivity index (χ3n) is 2.78. The Kier molecular flexibility index (Phi) is 3.36. The lowest BCUT2D eigenvalue weighted by molar-refractivity contribution is 0.0996. The molecule has 7 heteroatoms. The van der Waals surface area contributed by atoms with E-state index in [4.69, 9.17) is 5.73 Å². The molecule has 0 spiro atoms. The highest BCUT2D eigenvalue weighted by atomic mass is 32.2. The van der Waals surface area contributed by atoms with Gasteiger partial charge in [-0.3, -0.25) is 4.79 Å². The number of hydrogen-bond donors (Lipinski definition) is 2. The molecule has 0 aromatic heterocycles. The van der Waals surface area contributed by atoms with Crippen LogP contribution in [-0.4, -0.2) is 20.9 Å². The van der Waals surface area contributed by atoms with Gasteiger partial charge >= 0.3 is 0 Å². The van der Waals surface area contributed by atoms with E-state index in [0.29, 0.717) is 12.5 Å². The van der Waals surface area contributed by atoms with Crippen molar-refractivity contribution in [3.8, 4) is 0 Å². The van der Waals surface area contributed by atoms with Gasteiger partial charge in [-0.2, -0.15) is 0 Å². The molecule has 0 atom stereocenters. The Morgan fingerprint density at radius 2 is 2.11 bits per heavy atom. The molecule has 1 aromatic carbocycles. The van der Waals surface area contributed by atoms with E-state index in [1.807, 2.05) is 0 Å². The molecule has 1 amide bonds. The van der Waals surface area contributed by atoms with Crippen LogP contribution in [0.2, 0.25) is 0 Å². The van der Waals surface area contributed by atoms with Crippen LogP contribution in [0.25, 0.3) is 0 Å². The first-order chi connectivity index (χ1) is 8.42. The van der Waals surface area contributed by atoms with Crippen molar-refractivity contribution >= 4 is 15.9 Å². The minimum atomic E-state index is -3.93. The van der Waals surface area contributed by atoms with Crippen molar-refractivity contribution in [3.63, 3.8) is 0 Å². The first-order valence-electron chi connectivity index (χ1n) is 5.50. The second-order valence-corrected chi connectivity index (χ2v) is 6.01. The number of benzene rings is 1. The van der Waals surface area contributed by atoms with Gasteiger partial charge in [-0.15, -0.1) is 0 Å². The van der Waals surface area contributed by atoms with Gasteiger partial charge < -0.3 is 5.73 Å². The van der Waals surface area contributed by atoms with Crippen molar-refractivity contribution in [2.75, 3.05) is 6.54 Å². The standard InChI is InChI=1S/C11H13FN2O3S/c12-10-8(11(13)15)2-1-3-9(10)18(16,17)14-6-7-4-5-7/h1-3,7,14H,4-6H2,(H2,13,15). The summed E-state index contributed by atoms with van der Waals surface area (Å²) in [7, 11) is -3.93. The molecule has 1 aliphatic rings. The van der Waals surface area contributed by atoms with Crippen LogP contribution in [0, 0.1) is 11.7 Å². The van der Waals surface area contributed by atoms with Crippen molar-refractivity contribution in [3.05, 3.63) is 29.6 Å². The zero-order valence-corrected chi connectivity index (χ0v) is 10.3. The lowest BCUT2D eigenvalue weighted by Crippen LogP contribution is -2.27. The van der Waals surface area contributed by atoms with Crippen LogP contribution in [0.15, 0.2) is 23.1 Å². The van der Waals surface area contributed by atoms with Crippen LogP contribution in [-0.2, 0) is 10.0 Å². The number of rotatable bonds is 5. The van der Waals surface area contributed by atoms with E-state index in [1.54, 1.807) is 0 Å². The summed E-state index contributed by atoms with van der Waals surface area (Å²) in [6.45, 7) is 0.294. The molecule has 0 aliphatic heterocycles. The van der Waals surface area contributed by atoms with E-state index in [9.17, 15) is 17.6 Å². The minimum absolute atomic E-state index is 0.294. The normalized spacial score (nSPS) is 15.6. The predicted octanol–water partition coefficient (Wildman–Crippen LogP) is 0.613. The van der Waals surface area contributed by atoms with Crippen molar-refractivity contribution in [2.24, 2.45) is 11.7 Å². The quantitative estimate of drug-likeness (QED) is 0.823. The Bertz CT molecular complexity index is 582. The van der Waals surface area contributed by atoms with Gasteiger partial charge in [-0.25, -0.2) is 17.5 Å². The van der Waals surface area contributed by atoms with Crippen LogP contribution in [0.1, 0.15) is 23.2 Å². The Balaban J connectivity index is 2.31. The molecule has 5 nitrogen and oxygen atoms in total. The van der Waals surface area contributed by atoms with Gasteiger partial charge in [-0.1, -0.05) is 6.07 Å². The predicted molar refractivity (Wildman–Crippen MR) is 62.8 cm³/mol. The number of amides is 1. The van der Waals surface area contributed by atoms with Gasteiger partial charge in [0.1, 0.15) is 4.90 Å². The minimum Gasteiger partial charge on any atom is -0.366 e. The number of sulfonamides is 1. The SMILES string of the molecule is NC(=O)c1cccc(S(=O)(=O)NCC2CC2)c1F. The molecule has 1 aromatic rings. The monoisotopic (exact) mass is 272 g/mol. The summed E-state index contributed by atoms with van der Waals surface area (Å²) in [5.41, 5.74) is 4.54. The van der Waals surface area contributed by atoms with Crippen LogP contribution < -0.4 is 10.5 Å². The maximum atomic E-state index is 13.8. The van der Waals surface area contributed by atoms with E-state index in [-0.39, 0.29) is 0 Å². The fraction of sp³-hybridized carbons (Fsp3) is 0.364. The van der Waals surface area contributed by atoms with E-state index < -0.39 is 32.2 Å². The lowest BCUT2D eigenvalue weighted by atomic mass is 10.2. The Morgan fingerprint density at radius 1 is 1.44 bits per heavy atom. The Hall–Kier alpha value is -1.47. The maximum absolute atomic E-state index is 13.8. The van der Waals surface area contributed by atoms with E-state index in [1.165, 1.54) is 6.07 Å². The highest BCUT2D eigenvalue weighted by Crippen LogP contribution is 2.28. The number of hydrogen-bond acceptors (Lipinski definition) is 3. The summed E-state index contributed by atoms with van der Waals surface area (Å²) in [5, 5.41) is 0. The number of carbonyl (C=O) groups excluding carboxylic acids is 1. The molecule has 0 saturated heterocycles. The van der Waals surface area contributed by atoms with E-state index in [0.717, 1.165) is 25.0 Å². The Labute approximate surface area is 104 Å². The topological polar surface area (TPSA) is 89.3 Å². The molecule has 0 radical (unpaired) electrons. The number of nitrogens with one attached hydrogen (secondary N) is 1. The van der Waals surface area contributed by atoms with Crippen molar-refractivity contribution in [1.82, 2.24) is 4.72 Å². The van der Waals surface area contributed by atoms with Crippen LogP contribution in [0.3, 0.4) is 0 Å². The summed E-state index contributed by atoms with van der Waals surface area (Å²) in [5.74, 6) is -1.76. The largest absolute Gasteiger partial charge is 0.366 e. The fourth-order valence-electron chi connectivity index (χ4n) is 1.54. The molecule has 18 heavy (non-hydrogen) atoms. The lowest BCUT2D eigenvalue weighted by Gasteiger charge is -2.08. The molecule has 0 bridgehead atoms. The average molecular weight is 272 g/mol. The van der Waals surface area contributed by atoms with Gasteiger partial charge in [-0.05, 0) is 30.9 Å². The molecule has 2 rings (SSSR count). The molecule has 1 fully saturated rings. The molecule has 0 heterocycles. The van der Waals surface area contributed by atoms with Crippen LogP contribution >= 0.6 is 0 Å². The maximum Gasteiger partial charge on any atom is 0.251 e. The smallest absolute Gasteiger partial charge is 0.251 e. The second-order valence-electron chi connectivity index (χ2n) is 4.28. The molecule has 0 unspecified atom stereocenters. The molecule has 1 aliphatic carbocycles. The zero-order chi connectivity index (χ0) is 13.3. The number of halogens is 1. The van der Waals surface area contributed by atoms with Crippen LogP contribution in [0.5, 0.6) is 0 Å². The zero-order valence-electron chi connectivity index (χ0n) is 9.52. The third-order valence-corrected chi connectivity index (χ3v) is 4.22. The summed E-state index contributed by atoms with van der Waals surface area (Å²) in [6, 6.07) is 3.55. The first-order valence-corrected chi connectivity index (χ1v) is 6.98. The average Bonchev–Trinajstić information content (AvgIpc) is 3.10. The van der Waals surface area contributed by atoms with Gasteiger partial charge in [0.05, 0.1) is 5.56 Å². The molecule has 98 valence electrons. The second kappa shape index (κ2) is 4.66. The summed E-state index contributed by atoms with van der Waals surface area (Å²) in [4.78, 5) is 10.4. The van der Waals surface area contributed by atoms with Gasteiger partial charge in [0.15, 0.2) is 5.82 Å². The van der Waals surface area contributed by atoms with Gasteiger partial charge in [0.2, 0.25) is 10.0 Å².